The van der Waals surface area contributed by atoms with E-state index in [0.717, 1.165) is 13.1 Å². The van der Waals surface area contributed by atoms with Crippen molar-refractivity contribution in [2.45, 2.75) is 13.8 Å². The van der Waals surface area contributed by atoms with Gasteiger partial charge in [0, 0.05) is 19.3 Å². The highest BCUT2D eigenvalue weighted by Gasteiger charge is 2.30. The van der Waals surface area contributed by atoms with Gasteiger partial charge < -0.3 is 10.6 Å². The molecule has 1 fully saturated rings. The van der Waals surface area contributed by atoms with Gasteiger partial charge in [0.2, 0.25) is 0 Å². The molecular weight excluding hydrogens is 202 g/mol. The summed E-state index contributed by atoms with van der Waals surface area (Å²) in [7, 11) is 0. The molecule has 1 aromatic heterocycles. The first kappa shape index (κ1) is 10.9. The minimum atomic E-state index is -0.0469. The minimum Gasteiger partial charge on any atom is -0.397 e. The van der Waals surface area contributed by atoms with Crippen LogP contribution in [0.15, 0.2) is 18.3 Å². The first-order valence-electron chi connectivity index (χ1n) is 5.59. The molecule has 0 aliphatic carbocycles. The Bertz CT molecular complexity index is 395. The summed E-state index contributed by atoms with van der Waals surface area (Å²) in [5.74, 6) is 1.05. The molecule has 1 saturated heterocycles. The van der Waals surface area contributed by atoms with Crippen molar-refractivity contribution in [3.05, 3.63) is 24.0 Å². The Morgan fingerprint density at radius 2 is 2.06 bits per heavy atom. The third kappa shape index (κ3) is 1.87. The number of hydrogen-bond acceptors (Lipinski definition) is 3. The summed E-state index contributed by atoms with van der Waals surface area (Å²) in [6.45, 7) is 5.94. The van der Waals surface area contributed by atoms with E-state index < -0.39 is 0 Å². The van der Waals surface area contributed by atoms with Crippen LogP contribution in [0.3, 0.4) is 0 Å². The smallest absolute Gasteiger partial charge is 0.274 e. The lowest BCUT2D eigenvalue weighted by molar-refractivity contribution is 0.0780. The number of anilines is 1. The van der Waals surface area contributed by atoms with Gasteiger partial charge in [-0.15, -0.1) is 0 Å². The van der Waals surface area contributed by atoms with E-state index in [1.54, 1.807) is 18.3 Å². The molecule has 86 valence electrons. The van der Waals surface area contributed by atoms with E-state index in [-0.39, 0.29) is 5.91 Å². The SMILES string of the molecule is CC1CN(C(=O)c2ncccc2N)CC1C. The van der Waals surface area contributed by atoms with Crippen LogP contribution in [0.4, 0.5) is 5.69 Å². The number of aromatic nitrogens is 1. The van der Waals surface area contributed by atoms with Crippen LogP contribution in [-0.4, -0.2) is 28.9 Å². The molecule has 2 rings (SSSR count). The number of likely N-dealkylation sites (tertiary alicyclic amines) is 1. The second kappa shape index (κ2) is 4.12. The van der Waals surface area contributed by atoms with Crippen LogP contribution >= 0.6 is 0 Å². The zero-order valence-electron chi connectivity index (χ0n) is 9.68. The lowest BCUT2D eigenvalue weighted by Gasteiger charge is -2.16. The zero-order valence-corrected chi connectivity index (χ0v) is 9.68. The van der Waals surface area contributed by atoms with Gasteiger partial charge >= 0.3 is 0 Å². The number of nitrogen functional groups attached to an aromatic ring is 1. The van der Waals surface area contributed by atoms with Gasteiger partial charge in [-0.25, -0.2) is 4.98 Å². The van der Waals surface area contributed by atoms with E-state index in [9.17, 15) is 4.79 Å². The summed E-state index contributed by atoms with van der Waals surface area (Å²) in [5.41, 5.74) is 6.58. The number of carbonyl (C=O) groups is 1. The number of rotatable bonds is 1. The number of pyridine rings is 1. The van der Waals surface area contributed by atoms with Crippen molar-refractivity contribution >= 4 is 11.6 Å². The van der Waals surface area contributed by atoms with Gasteiger partial charge in [-0.05, 0) is 24.0 Å². The first-order chi connectivity index (χ1) is 7.59. The quantitative estimate of drug-likeness (QED) is 0.776. The molecule has 2 heterocycles. The predicted octanol–water partition coefficient (Wildman–Crippen LogP) is 1.39. The Morgan fingerprint density at radius 1 is 1.44 bits per heavy atom. The largest absolute Gasteiger partial charge is 0.397 e. The minimum absolute atomic E-state index is 0.0469. The van der Waals surface area contributed by atoms with Crippen LogP contribution in [0.1, 0.15) is 24.3 Å². The third-order valence-electron chi connectivity index (χ3n) is 3.32. The molecule has 1 aliphatic heterocycles. The fourth-order valence-corrected chi connectivity index (χ4v) is 2.04. The molecule has 2 N–H and O–H groups in total. The van der Waals surface area contributed by atoms with Crippen molar-refractivity contribution in [2.24, 2.45) is 11.8 Å². The van der Waals surface area contributed by atoms with Crippen LogP contribution in [0.2, 0.25) is 0 Å². The molecular formula is C12H17N3O. The predicted molar refractivity (Wildman–Crippen MR) is 62.9 cm³/mol. The lowest BCUT2D eigenvalue weighted by atomic mass is 10.0. The van der Waals surface area contributed by atoms with Crippen molar-refractivity contribution in [1.29, 1.82) is 0 Å². The topological polar surface area (TPSA) is 59.2 Å². The molecule has 4 heteroatoms. The molecule has 1 aliphatic rings. The van der Waals surface area contributed by atoms with Crippen LogP contribution in [-0.2, 0) is 0 Å². The Hall–Kier alpha value is -1.58. The highest BCUT2D eigenvalue weighted by Crippen LogP contribution is 2.24. The molecule has 1 amide bonds. The van der Waals surface area contributed by atoms with E-state index in [1.807, 2.05) is 4.90 Å². The fraction of sp³-hybridized carbons (Fsp3) is 0.500. The summed E-state index contributed by atoms with van der Waals surface area (Å²) in [6.07, 6.45) is 1.60. The molecule has 0 saturated carbocycles. The van der Waals surface area contributed by atoms with Crippen LogP contribution in [0, 0.1) is 11.8 Å². The summed E-state index contributed by atoms with van der Waals surface area (Å²) < 4.78 is 0. The van der Waals surface area contributed by atoms with Crippen molar-refractivity contribution in [2.75, 3.05) is 18.8 Å². The normalized spacial score (nSPS) is 24.8. The zero-order chi connectivity index (χ0) is 11.7. The third-order valence-corrected chi connectivity index (χ3v) is 3.32. The molecule has 2 unspecified atom stereocenters. The van der Waals surface area contributed by atoms with Crippen molar-refractivity contribution < 1.29 is 4.79 Å². The Morgan fingerprint density at radius 3 is 2.62 bits per heavy atom. The van der Waals surface area contributed by atoms with Gasteiger partial charge in [0.1, 0.15) is 0 Å². The fourth-order valence-electron chi connectivity index (χ4n) is 2.04. The van der Waals surface area contributed by atoms with E-state index in [2.05, 4.69) is 18.8 Å². The van der Waals surface area contributed by atoms with Crippen molar-refractivity contribution in [3.63, 3.8) is 0 Å². The molecule has 4 nitrogen and oxygen atoms in total. The maximum Gasteiger partial charge on any atom is 0.274 e. The molecule has 0 bridgehead atoms. The van der Waals surface area contributed by atoms with Gasteiger partial charge in [0.05, 0.1) is 5.69 Å². The highest BCUT2D eigenvalue weighted by molar-refractivity contribution is 5.97. The van der Waals surface area contributed by atoms with Crippen LogP contribution in [0.5, 0.6) is 0 Å². The maximum absolute atomic E-state index is 12.1. The molecule has 0 spiro atoms. The van der Waals surface area contributed by atoms with Gasteiger partial charge in [0.15, 0.2) is 5.69 Å². The monoisotopic (exact) mass is 219 g/mol. The first-order valence-corrected chi connectivity index (χ1v) is 5.59. The standard InChI is InChI=1S/C12H17N3O/c1-8-6-15(7-9(8)2)12(16)11-10(13)4-3-5-14-11/h3-5,8-9H,6-7,13H2,1-2H3. The molecule has 2 atom stereocenters. The Balaban J connectivity index is 2.18. The van der Waals surface area contributed by atoms with E-state index in [1.165, 1.54) is 0 Å². The van der Waals surface area contributed by atoms with E-state index in [4.69, 9.17) is 5.73 Å². The van der Waals surface area contributed by atoms with Crippen LogP contribution < -0.4 is 5.73 Å². The number of hydrogen-bond donors (Lipinski definition) is 1. The summed E-state index contributed by atoms with van der Waals surface area (Å²) >= 11 is 0. The van der Waals surface area contributed by atoms with Crippen molar-refractivity contribution in [3.8, 4) is 0 Å². The Kier molecular flexibility index (Phi) is 2.81. The number of carbonyl (C=O) groups excluding carboxylic acids is 1. The number of amides is 1. The second-order valence-electron chi connectivity index (χ2n) is 4.61. The molecule has 0 aromatic carbocycles. The van der Waals surface area contributed by atoms with Gasteiger partial charge in [-0.1, -0.05) is 13.8 Å². The van der Waals surface area contributed by atoms with Crippen molar-refractivity contribution in [1.82, 2.24) is 9.88 Å². The second-order valence-corrected chi connectivity index (χ2v) is 4.61. The highest BCUT2D eigenvalue weighted by atomic mass is 16.2. The number of nitrogens with zero attached hydrogens (tertiary/aromatic N) is 2. The Labute approximate surface area is 95.5 Å². The van der Waals surface area contributed by atoms with Gasteiger partial charge in [-0.3, -0.25) is 4.79 Å². The lowest BCUT2D eigenvalue weighted by Crippen LogP contribution is -2.30. The van der Waals surface area contributed by atoms with E-state index in [0.29, 0.717) is 23.2 Å². The van der Waals surface area contributed by atoms with Gasteiger partial charge in [0.25, 0.3) is 5.91 Å². The average Bonchev–Trinajstić information content (AvgIpc) is 2.59. The average molecular weight is 219 g/mol. The van der Waals surface area contributed by atoms with Gasteiger partial charge in [-0.2, -0.15) is 0 Å². The van der Waals surface area contributed by atoms with Crippen LogP contribution in [0.25, 0.3) is 0 Å². The maximum atomic E-state index is 12.1. The summed E-state index contributed by atoms with van der Waals surface area (Å²) in [5, 5.41) is 0. The number of nitrogens with two attached hydrogens (primary N) is 1. The molecule has 16 heavy (non-hydrogen) atoms. The summed E-state index contributed by atoms with van der Waals surface area (Å²) in [6, 6.07) is 3.45. The molecule has 1 aromatic rings. The summed E-state index contributed by atoms with van der Waals surface area (Å²) in [4.78, 5) is 18.0. The van der Waals surface area contributed by atoms with E-state index >= 15 is 0 Å². The molecule has 0 radical (unpaired) electrons.